The Morgan fingerprint density at radius 1 is 1.16 bits per heavy atom. The molecule has 3 nitrogen and oxygen atoms in total. The molecule has 6 heteroatoms. The first-order chi connectivity index (χ1) is 11.5. The number of carbonyl (C=O) groups excluding carboxylic acids is 1. The van der Waals surface area contributed by atoms with Crippen molar-refractivity contribution in [2.24, 2.45) is 0 Å². The van der Waals surface area contributed by atoms with Crippen LogP contribution in [0.25, 0.3) is 0 Å². The molecule has 0 aromatic carbocycles. The highest BCUT2D eigenvalue weighted by molar-refractivity contribution is 9.10. The topological polar surface area (TPSA) is 42.0 Å². The smallest absolute Gasteiger partial charge is 0.181 e. The fourth-order valence-corrected chi connectivity index (χ4v) is 7.39. The standard InChI is InChI=1S/C13H19BrFNOSi.C6H15N/c1-5-18(6-2,7-3)10-8-11(14)16-13(9(4)17)12(10)15;1-5(2)7-6(3)4/h8H,5-7H2,1-4H3;5-7H,1-4H3. The Hall–Kier alpha value is -0.593. The number of halogens is 2. The number of carbonyl (C=O) groups is 1. The summed E-state index contributed by atoms with van der Waals surface area (Å²) < 4.78 is 15.0. The summed E-state index contributed by atoms with van der Waals surface area (Å²) in [6.45, 7) is 16.3. The van der Waals surface area contributed by atoms with E-state index in [-0.39, 0.29) is 11.5 Å². The highest BCUT2D eigenvalue weighted by atomic mass is 79.9. The maximum atomic E-state index is 14.5. The van der Waals surface area contributed by atoms with Gasteiger partial charge in [-0.2, -0.15) is 0 Å². The SMILES string of the molecule is CC(C)NC(C)C.CC[Si](CC)(CC)c1cc(Br)nc(C(C)=O)c1F. The molecule has 144 valence electrons. The Balaban J connectivity index is 0.000000697. The zero-order valence-electron chi connectivity index (χ0n) is 17.0. The van der Waals surface area contributed by atoms with Gasteiger partial charge in [0.15, 0.2) is 11.6 Å². The molecule has 0 bridgehead atoms. The summed E-state index contributed by atoms with van der Waals surface area (Å²) in [7, 11) is -1.84. The number of ketones is 1. The normalized spacial score (nSPS) is 11.5. The molecule has 0 aliphatic carbocycles. The van der Waals surface area contributed by atoms with Crippen LogP contribution in [0.15, 0.2) is 10.7 Å². The van der Waals surface area contributed by atoms with Crippen molar-refractivity contribution in [2.75, 3.05) is 0 Å². The second-order valence-corrected chi connectivity index (χ2v) is 13.1. The van der Waals surface area contributed by atoms with E-state index < -0.39 is 13.9 Å². The Labute approximate surface area is 162 Å². The van der Waals surface area contributed by atoms with E-state index in [0.29, 0.717) is 16.7 Å². The molecule has 1 aromatic rings. The molecule has 0 radical (unpaired) electrons. The Morgan fingerprint density at radius 2 is 1.60 bits per heavy atom. The highest BCUT2D eigenvalue weighted by Gasteiger charge is 2.34. The van der Waals surface area contributed by atoms with Gasteiger partial charge in [-0.1, -0.05) is 66.6 Å². The molecule has 25 heavy (non-hydrogen) atoms. The van der Waals surface area contributed by atoms with Crippen molar-refractivity contribution in [3.8, 4) is 0 Å². The van der Waals surface area contributed by atoms with Crippen LogP contribution < -0.4 is 10.5 Å². The van der Waals surface area contributed by atoms with E-state index >= 15 is 0 Å². The third-order valence-electron chi connectivity index (χ3n) is 4.53. The van der Waals surface area contributed by atoms with Gasteiger partial charge in [0.1, 0.15) is 10.3 Å². The molecule has 0 amide bonds. The van der Waals surface area contributed by atoms with E-state index in [4.69, 9.17) is 0 Å². The minimum atomic E-state index is -1.84. The number of nitrogens with one attached hydrogen (secondary N) is 1. The summed E-state index contributed by atoms with van der Waals surface area (Å²) in [5, 5.41) is 4.04. The maximum absolute atomic E-state index is 14.5. The van der Waals surface area contributed by atoms with E-state index in [2.05, 4.69) is 74.7 Å². The van der Waals surface area contributed by atoms with Crippen molar-refractivity contribution in [2.45, 2.75) is 85.6 Å². The fraction of sp³-hybridized carbons (Fsp3) is 0.684. The first kappa shape index (κ1) is 24.4. The molecular formula is C19H34BrFN2OSi. The second-order valence-electron chi connectivity index (χ2n) is 7.03. The molecular weight excluding hydrogens is 399 g/mol. The van der Waals surface area contributed by atoms with E-state index in [9.17, 15) is 9.18 Å². The molecule has 1 aromatic heterocycles. The first-order valence-electron chi connectivity index (χ1n) is 9.18. The van der Waals surface area contributed by atoms with E-state index in [1.54, 1.807) is 6.07 Å². The Bertz CT molecular complexity index is 546. The molecule has 0 unspecified atom stereocenters. The number of aromatic nitrogens is 1. The van der Waals surface area contributed by atoms with Crippen LogP contribution in [0.3, 0.4) is 0 Å². The summed E-state index contributed by atoms with van der Waals surface area (Å²) >= 11 is 3.29. The summed E-state index contributed by atoms with van der Waals surface area (Å²) in [6, 6.07) is 5.95. The van der Waals surface area contributed by atoms with Gasteiger partial charge in [-0.05, 0) is 27.2 Å². The lowest BCUT2D eigenvalue weighted by molar-refractivity contribution is 0.100. The molecule has 1 N–H and O–H groups in total. The average molecular weight is 433 g/mol. The van der Waals surface area contributed by atoms with Gasteiger partial charge in [0.2, 0.25) is 0 Å². The fourth-order valence-electron chi connectivity index (χ4n) is 3.11. The lowest BCUT2D eigenvalue weighted by Crippen LogP contribution is -2.48. The third kappa shape index (κ3) is 7.27. The predicted octanol–water partition coefficient (Wildman–Crippen LogP) is 5.29. The van der Waals surface area contributed by atoms with Gasteiger partial charge in [0.05, 0.1) is 8.07 Å². The van der Waals surface area contributed by atoms with Crippen molar-refractivity contribution in [3.05, 3.63) is 22.2 Å². The van der Waals surface area contributed by atoms with E-state index in [1.165, 1.54) is 6.92 Å². The predicted molar refractivity (Wildman–Crippen MR) is 112 cm³/mol. The van der Waals surface area contributed by atoms with Crippen LogP contribution in [0.1, 0.15) is 65.9 Å². The van der Waals surface area contributed by atoms with Gasteiger partial charge in [0.25, 0.3) is 0 Å². The molecule has 0 spiro atoms. The van der Waals surface area contributed by atoms with Crippen molar-refractivity contribution in [1.82, 2.24) is 10.3 Å². The quantitative estimate of drug-likeness (QED) is 0.361. The Kier molecular flexibility index (Phi) is 10.9. The van der Waals surface area contributed by atoms with Crippen molar-refractivity contribution in [3.63, 3.8) is 0 Å². The van der Waals surface area contributed by atoms with E-state index in [0.717, 1.165) is 23.3 Å². The van der Waals surface area contributed by atoms with E-state index in [1.807, 2.05) is 0 Å². The molecule has 0 fully saturated rings. The molecule has 0 aliphatic heterocycles. The summed E-state index contributed by atoms with van der Waals surface area (Å²) in [6.07, 6.45) is 0. The lowest BCUT2D eigenvalue weighted by atomic mass is 10.2. The van der Waals surface area contributed by atoms with Crippen LogP contribution in [0.2, 0.25) is 18.1 Å². The van der Waals surface area contributed by atoms with Crippen molar-refractivity contribution < 1.29 is 9.18 Å². The number of hydrogen-bond acceptors (Lipinski definition) is 3. The number of Topliss-reactive ketones (excluding diaryl/α,β-unsaturated/α-hetero) is 1. The van der Waals surface area contributed by atoms with Crippen LogP contribution in [0, 0.1) is 5.82 Å². The molecule has 0 aliphatic rings. The first-order valence-corrected chi connectivity index (χ1v) is 12.6. The summed E-state index contributed by atoms with van der Waals surface area (Å²) in [4.78, 5) is 15.4. The number of pyridine rings is 1. The average Bonchev–Trinajstić information content (AvgIpc) is 2.51. The van der Waals surface area contributed by atoms with Crippen LogP contribution in [0.4, 0.5) is 4.39 Å². The van der Waals surface area contributed by atoms with Crippen LogP contribution >= 0.6 is 15.9 Å². The van der Waals surface area contributed by atoms with Crippen LogP contribution in [-0.2, 0) is 0 Å². The minimum Gasteiger partial charge on any atom is -0.312 e. The molecule has 1 rings (SSSR count). The number of nitrogens with zero attached hydrogens (tertiary/aromatic N) is 1. The van der Waals surface area contributed by atoms with Gasteiger partial charge in [-0.25, -0.2) is 9.37 Å². The maximum Gasteiger partial charge on any atom is 0.181 e. The summed E-state index contributed by atoms with van der Waals surface area (Å²) in [5.74, 6) is -0.718. The molecule has 0 saturated heterocycles. The minimum absolute atomic E-state index is 0.0356. The zero-order chi connectivity index (χ0) is 19.8. The van der Waals surface area contributed by atoms with Crippen molar-refractivity contribution in [1.29, 1.82) is 0 Å². The van der Waals surface area contributed by atoms with Gasteiger partial charge in [0, 0.05) is 19.0 Å². The third-order valence-corrected chi connectivity index (χ3v) is 10.5. The highest BCUT2D eigenvalue weighted by Crippen LogP contribution is 2.24. The van der Waals surface area contributed by atoms with Gasteiger partial charge in [-0.15, -0.1) is 0 Å². The van der Waals surface area contributed by atoms with Gasteiger partial charge in [-0.3, -0.25) is 4.79 Å². The van der Waals surface area contributed by atoms with Crippen molar-refractivity contribution >= 4 is 35.0 Å². The Morgan fingerprint density at radius 3 is 1.88 bits per heavy atom. The monoisotopic (exact) mass is 432 g/mol. The summed E-state index contributed by atoms with van der Waals surface area (Å²) in [5.41, 5.74) is -0.0356. The number of rotatable bonds is 7. The van der Waals surface area contributed by atoms with Crippen LogP contribution in [-0.4, -0.2) is 30.9 Å². The zero-order valence-corrected chi connectivity index (χ0v) is 19.6. The molecule has 1 heterocycles. The molecule has 0 atom stereocenters. The van der Waals surface area contributed by atoms with Gasteiger partial charge < -0.3 is 5.32 Å². The largest absolute Gasteiger partial charge is 0.312 e. The lowest BCUT2D eigenvalue weighted by Gasteiger charge is -2.29. The van der Waals surface area contributed by atoms with Gasteiger partial charge >= 0.3 is 0 Å². The number of hydrogen-bond donors (Lipinski definition) is 1. The second kappa shape index (κ2) is 11.2. The van der Waals surface area contributed by atoms with Crippen LogP contribution in [0.5, 0.6) is 0 Å². The molecule has 0 saturated carbocycles.